The second kappa shape index (κ2) is 8.95. The van der Waals surface area contributed by atoms with E-state index < -0.39 is 10.1 Å². The predicted octanol–water partition coefficient (Wildman–Crippen LogP) is 2.81. The Kier molecular flexibility index (Phi) is 6.31. The molecule has 182 valence electrons. The van der Waals surface area contributed by atoms with Gasteiger partial charge in [0.2, 0.25) is 0 Å². The number of benzene rings is 2. The normalized spacial score (nSPS) is 11.7. The Hall–Kier alpha value is -3.47. The maximum atomic E-state index is 12.1. The number of nitrogens with zero attached hydrogens (tertiary/aromatic N) is 4. The quantitative estimate of drug-likeness (QED) is 0.237. The van der Waals surface area contributed by atoms with E-state index in [0.717, 1.165) is 16.8 Å². The fourth-order valence-corrected chi connectivity index (χ4v) is 5.38. The van der Waals surface area contributed by atoms with Crippen LogP contribution in [-0.2, 0) is 23.6 Å². The van der Waals surface area contributed by atoms with Crippen LogP contribution >= 0.6 is 11.6 Å². The number of hydrogen-bond acceptors (Lipinski definition) is 7. The minimum Gasteiger partial charge on any atom is -0.744 e. The smallest absolute Gasteiger partial charge is 0.322 e. The zero-order valence-corrected chi connectivity index (χ0v) is 21.3. The molecule has 0 bridgehead atoms. The van der Waals surface area contributed by atoms with Gasteiger partial charge < -0.3 is 4.55 Å². The molecule has 4 N–H and O–H groups in total. The van der Waals surface area contributed by atoms with Crippen molar-refractivity contribution in [3.63, 3.8) is 0 Å². The van der Waals surface area contributed by atoms with Crippen molar-refractivity contribution in [2.45, 2.75) is 32.1 Å². The Labute approximate surface area is 208 Å². The molecule has 0 unspecified atom stereocenters. The maximum Gasteiger partial charge on any atom is 0.322 e. The topological polar surface area (TPSA) is 144 Å². The second-order valence-corrected chi connectivity index (χ2v) is 10.3. The Bertz CT molecular complexity index is 1580. The zero-order chi connectivity index (χ0) is 25.7. The van der Waals surface area contributed by atoms with Crippen molar-refractivity contribution in [1.29, 1.82) is 0 Å². The molecular formula is C24H25ClN6O3S. The first-order valence-electron chi connectivity index (χ1n) is 10.7. The van der Waals surface area contributed by atoms with Gasteiger partial charge in [-0.15, -0.1) is 4.68 Å². The van der Waals surface area contributed by atoms with Gasteiger partial charge in [0, 0.05) is 28.9 Å². The molecule has 35 heavy (non-hydrogen) atoms. The van der Waals surface area contributed by atoms with Gasteiger partial charge in [-0.2, -0.15) is 5.10 Å². The lowest BCUT2D eigenvalue weighted by atomic mass is 9.95. The summed E-state index contributed by atoms with van der Waals surface area (Å²) in [5.74, 6) is 6.44. The fourth-order valence-electron chi connectivity index (χ4n) is 4.28. The number of nitrogen functional groups attached to an aromatic ring is 2. The van der Waals surface area contributed by atoms with E-state index in [0.29, 0.717) is 38.7 Å². The zero-order valence-electron chi connectivity index (χ0n) is 19.7. The molecule has 0 saturated heterocycles. The summed E-state index contributed by atoms with van der Waals surface area (Å²) in [6.07, 6.45) is 3.40. The van der Waals surface area contributed by atoms with Crippen LogP contribution in [0.1, 0.15) is 27.9 Å². The molecule has 2 aromatic carbocycles. The Balaban J connectivity index is 1.92. The van der Waals surface area contributed by atoms with Gasteiger partial charge in [0.1, 0.15) is 22.0 Å². The molecule has 2 heterocycles. The van der Waals surface area contributed by atoms with Crippen LogP contribution in [0.2, 0.25) is 5.02 Å². The van der Waals surface area contributed by atoms with Crippen molar-refractivity contribution in [3.05, 3.63) is 75.7 Å². The minimum atomic E-state index is -4.69. The highest BCUT2D eigenvalue weighted by molar-refractivity contribution is 7.85. The summed E-state index contributed by atoms with van der Waals surface area (Å²) in [4.78, 5) is 4.56. The van der Waals surface area contributed by atoms with E-state index in [-0.39, 0.29) is 17.1 Å². The Morgan fingerprint density at radius 3 is 2.46 bits per heavy atom. The Morgan fingerprint density at radius 2 is 1.83 bits per heavy atom. The number of halogens is 1. The van der Waals surface area contributed by atoms with Gasteiger partial charge in [-0.3, -0.25) is 16.3 Å². The molecule has 0 aliphatic rings. The van der Waals surface area contributed by atoms with Crippen LogP contribution in [0.25, 0.3) is 22.5 Å². The predicted molar refractivity (Wildman–Crippen MR) is 133 cm³/mol. The average Bonchev–Trinajstić information content (AvgIpc) is 3.07. The van der Waals surface area contributed by atoms with Crippen LogP contribution in [0.5, 0.6) is 0 Å². The van der Waals surface area contributed by atoms with Crippen molar-refractivity contribution in [2.75, 3.05) is 11.6 Å². The fraction of sp³-hybridized carbons (Fsp3) is 0.208. The molecule has 9 nitrogen and oxygen atoms in total. The molecule has 0 radical (unpaired) electrons. The van der Waals surface area contributed by atoms with E-state index in [1.807, 2.05) is 20.9 Å². The van der Waals surface area contributed by atoms with Gasteiger partial charge in [0.15, 0.2) is 5.69 Å². The first kappa shape index (κ1) is 24.6. The van der Waals surface area contributed by atoms with Crippen molar-refractivity contribution in [3.8, 4) is 22.5 Å². The molecule has 0 aliphatic heterocycles. The molecule has 0 aliphatic carbocycles. The molecule has 4 rings (SSSR count). The lowest BCUT2D eigenvalue weighted by Gasteiger charge is -2.18. The van der Waals surface area contributed by atoms with E-state index >= 15 is 0 Å². The van der Waals surface area contributed by atoms with E-state index in [2.05, 4.69) is 5.10 Å². The third-order valence-corrected chi connectivity index (χ3v) is 7.29. The van der Waals surface area contributed by atoms with Gasteiger partial charge in [0.05, 0.1) is 11.1 Å². The van der Waals surface area contributed by atoms with Gasteiger partial charge in [0.25, 0.3) is 0 Å². The standard InChI is InChI=1S/C24H25ClN6O3S/c1-13-7-14(2)23(35(32,33)34)17(8-13)9-16-10-18(25)5-6-19(16)21-12-31(27)24(26)22(29-21)20-11-28-30(4)15(20)3/h5-8,10-12,26H,9,27H2,1-4H3,(H,32,33,34). The third kappa shape index (κ3) is 4.72. The van der Waals surface area contributed by atoms with E-state index in [9.17, 15) is 13.0 Å². The molecule has 11 heteroatoms. The lowest BCUT2D eigenvalue weighted by Crippen LogP contribution is -2.47. The Morgan fingerprint density at radius 1 is 1.11 bits per heavy atom. The molecule has 0 spiro atoms. The van der Waals surface area contributed by atoms with Gasteiger partial charge in [-0.1, -0.05) is 35.4 Å². The van der Waals surface area contributed by atoms with Gasteiger partial charge in [-0.05, 0) is 56.0 Å². The second-order valence-electron chi connectivity index (χ2n) is 8.54. The van der Waals surface area contributed by atoms with E-state index in [1.54, 1.807) is 54.3 Å². The van der Waals surface area contributed by atoms with Crippen LogP contribution < -0.4 is 16.3 Å². The van der Waals surface area contributed by atoms with Crippen molar-refractivity contribution < 1.29 is 17.6 Å². The van der Waals surface area contributed by atoms with Crippen LogP contribution in [0.15, 0.2) is 47.6 Å². The third-order valence-electron chi connectivity index (χ3n) is 5.97. The highest BCUT2D eigenvalue weighted by atomic mass is 35.5. The van der Waals surface area contributed by atoms with Gasteiger partial charge in [-0.25, -0.2) is 13.4 Å². The first-order chi connectivity index (χ1) is 16.4. The number of aryl methyl sites for hydroxylation is 3. The highest BCUT2D eigenvalue weighted by Gasteiger charge is 2.22. The van der Waals surface area contributed by atoms with Crippen LogP contribution in [-0.4, -0.2) is 27.7 Å². The molecule has 2 aromatic heterocycles. The summed E-state index contributed by atoms with van der Waals surface area (Å²) in [6, 6.07) is 8.59. The van der Waals surface area contributed by atoms with E-state index in [1.165, 1.54) is 4.68 Å². The molecule has 0 saturated carbocycles. The number of anilines is 1. The average molecular weight is 513 g/mol. The summed E-state index contributed by atoms with van der Waals surface area (Å²) < 4.78 is 39.2. The van der Waals surface area contributed by atoms with Crippen molar-refractivity contribution in [1.82, 2.24) is 14.8 Å². The summed E-state index contributed by atoms with van der Waals surface area (Å²) in [5.41, 5.74) is 11.8. The summed E-state index contributed by atoms with van der Waals surface area (Å²) in [5, 5.41) is 4.72. The van der Waals surface area contributed by atoms with E-state index in [4.69, 9.17) is 28.2 Å². The summed E-state index contributed by atoms with van der Waals surface area (Å²) >= 11 is 6.31. The maximum absolute atomic E-state index is 12.1. The van der Waals surface area contributed by atoms with Crippen molar-refractivity contribution in [2.24, 2.45) is 7.05 Å². The number of nitrogens with two attached hydrogens (primary N) is 2. The highest BCUT2D eigenvalue weighted by Crippen LogP contribution is 2.32. The lowest BCUT2D eigenvalue weighted by molar-refractivity contribution is -0.623. The molecule has 0 fully saturated rings. The molecular weight excluding hydrogens is 488 g/mol. The summed E-state index contributed by atoms with van der Waals surface area (Å²) in [7, 11) is -2.88. The largest absolute Gasteiger partial charge is 0.744 e. The molecule has 0 atom stereocenters. The number of hydrogen-bond donors (Lipinski definition) is 2. The van der Waals surface area contributed by atoms with Gasteiger partial charge >= 0.3 is 5.82 Å². The van der Waals surface area contributed by atoms with Crippen LogP contribution in [0.4, 0.5) is 5.82 Å². The summed E-state index contributed by atoms with van der Waals surface area (Å²) in [6.45, 7) is 5.36. The van der Waals surface area contributed by atoms with Crippen LogP contribution in [0, 0.1) is 20.8 Å². The SMILES string of the molecule is Cc1cc(C)c(S(=O)(=O)[O-])c(Cc2cc(Cl)ccc2-c2c[n+](N)c(N)c(-c3cnn(C)c3C)n2)c1. The first-order valence-corrected chi connectivity index (χ1v) is 12.5. The number of rotatable bonds is 5. The number of aromatic nitrogens is 4. The van der Waals surface area contributed by atoms with Crippen LogP contribution in [0.3, 0.4) is 0 Å². The molecule has 0 amide bonds. The monoisotopic (exact) mass is 512 g/mol. The minimum absolute atomic E-state index is 0.146. The van der Waals surface area contributed by atoms with Crippen molar-refractivity contribution >= 4 is 27.5 Å². The molecule has 4 aromatic rings.